The lowest BCUT2D eigenvalue weighted by molar-refractivity contribution is -0.140. The Labute approximate surface area is 190 Å². The van der Waals surface area contributed by atoms with Crippen LogP contribution in [0.2, 0.25) is 0 Å². The van der Waals surface area contributed by atoms with E-state index in [-0.39, 0.29) is 35.8 Å². The summed E-state index contributed by atoms with van der Waals surface area (Å²) in [6.45, 7) is 7.83. The summed E-state index contributed by atoms with van der Waals surface area (Å²) in [6, 6.07) is 9.66. The van der Waals surface area contributed by atoms with Gasteiger partial charge < -0.3 is 19.9 Å². The number of likely N-dealkylation sites (tertiary alicyclic amines) is 1. The van der Waals surface area contributed by atoms with E-state index in [1.807, 2.05) is 29.2 Å². The summed E-state index contributed by atoms with van der Waals surface area (Å²) in [4.78, 5) is 21.7. The number of nitriles is 1. The summed E-state index contributed by atoms with van der Waals surface area (Å²) in [5.41, 5.74) is 1.73. The Hall–Kier alpha value is -1.86. The molecular formula is C21H30IN5O2. The van der Waals surface area contributed by atoms with Crippen LogP contribution < -0.4 is 5.32 Å². The van der Waals surface area contributed by atoms with Crippen LogP contribution in [0, 0.1) is 17.2 Å². The van der Waals surface area contributed by atoms with Crippen molar-refractivity contribution in [3.05, 3.63) is 35.4 Å². The first-order chi connectivity index (χ1) is 13.7. The monoisotopic (exact) mass is 511 g/mol. The molecule has 1 aromatic rings. The largest absolute Gasteiger partial charge is 0.378 e. The zero-order valence-electron chi connectivity index (χ0n) is 17.0. The second-order valence-electron chi connectivity index (χ2n) is 7.18. The third-order valence-corrected chi connectivity index (χ3v) is 5.30. The van der Waals surface area contributed by atoms with E-state index in [2.05, 4.69) is 23.2 Å². The summed E-state index contributed by atoms with van der Waals surface area (Å²) >= 11 is 0. The minimum absolute atomic E-state index is 0. The average molecular weight is 511 g/mol. The maximum atomic E-state index is 12.7. The van der Waals surface area contributed by atoms with E-state index >= 15 is 0 Å². The minimum atomic E-state index is 0. The van der Waals surface area contributed by atoms with Crippen LogP contribution in [0.5, 0.6) is 0 Å². The third-order valence-electron chi connectivity index (χ3n) is 5.30. The highest BCUT2D eigenvalue weighted by molar-refractivity contribution is 14.0. The van der Waals surface area contributed by atoms with Gasteiger partial charge >= 0.3 is 0 Å². The molecule has 7 nitrogen and oxygen atoms in total. The highest BCUT2D eigenvalue weighted by Gasteiger charge is 2.30. The Kier molecular flexibility index (Phi) is 9.67. The fourth-order valence-corrected chi connectivity index (χ4v) is 3.66. The number of carbonyl (C=O) groups is 1. The van der Waals surface area contributed by atoms with Crippen LogP contribution in [-0.2, 0) is 16.1 Å². The van der Waals surface area contributed by atoms with Crippen molar-refractivity contribution in [3.8, 4) is 6.07 Å². The van der Waals surface area contributed by atoms with Gasteiger partial charge in [0.1, 0.15) is 0 Å². The molecule has 0 aromatic heterocycles. The molecule has 0 aliphatic carbocycles. The predicted molar refractivity (Wildman–Crippen MR) is 123 cm³/mol. The van der Waals surface area contributed by atoms with E-state index < -0.39 is 0 Å². The van der Waals surface area contributed by atoms with Gasteiger partial charge in [0, 0.05) is 38.6 Å². The van der Waals surface area contributed by atoms with Crippen molar-refractivity contribution in [3.63, 3.8) is 0 Å². The number of piperidine rings is 1. The van der Waals surface area contributed by atoms with Crippen molar-refractivity contribution >= 4 is 35.8 Å². The standard InChI is InChI=1S/C21H29N5O2.HI/c1-2-23-21(24-16-18-5-3-17(15-22)4-6-18)26-9-7-19(8-10-26)20(27)25-11-13-28-14-12-25;/h3-6,19H,2,7-14,16H2,1H3,(H,23,24);1H. The quantitative estimate of drug-likeness (QED) is 0.381. The number of rotatable bonds is 4. The second-order valence-corrected chi connectivity index (χ2v) is 7.18. The van der Waals surface area contributed by atoms with E-state index in [9.17, 15) is 4.79 Å². The van der Waals surface area contributed by atoms with Gasteiger partial charge in [-0.25, -0.2) is 4.99 Å². The van der Waals surface area contributed by atoms with E-state index in [1.165, 1.54) is 0 Å². The van der Waals surface area contributed by atoms with E-state index in [0.717, 1.165) is 44.0 Å². The molecule has 1 amide bonds. The smallest absolute Gasteiger partial charge is 0.225 e. The molecule has 0 unspecified atom stereocenters. The maximum Gasteiger partial charge on any atom is 0.225 e. The first-order valence-electron chi connectivity index (χ1n) is 10.1. The number of hydrogen-bond acceptors (Lipinski definition) is 4. The van der Waals surface area contributed by atoms with Gasteiger partial charge in [0.15, 0.2) is 5.96 Å². The topological polar surface area (TPSA) is 81.0 Å². The van der Waals surface area contributed by atoms with Gasteiger partial charge in [0.05, 0.1) is 31.4 Å². The van der Waals surface area contributed by atoms with Gasteiger partial charge in [-0.1, -0.05) is 12.1 Å². The van der Waals surface area contributed by atoms with Crippen LogP contribution >= 0.6 is 24.0 Å². The fourth-order valence-electron chi connectivity index (χ4n) is 3.66. The number of aliphatic imine (C=N–C) groups is 1. The van der Waals surface area contributed by atoms with E-state index in [0.29, 0.717) is 38.4 Å². The zero-order valence-corrected chi connectivity index (χ0v) is 19.3. The predicted octanol–water partition coefficient (Wildman–Crippen LogP) is 2.21. The lowest BCUT2D eigenvalue weighted by Crippen LogP contribution is -2.50. The summed E-state index contributed by atoms with van der Waals surface area (Å²) in [5.74, 6) is 1.28. The molecule has 0 radical (unpaired) electrons. The number of carbonyl (C=O) groups excluding carboxylic acids is 1. The molecule has 8 heteroatoms. The highest BCUT2D eigenvalue weighted by atomic mass is 127. The van der Waals surface area contributed by atoms with Crippen LogP contribution in [0.4, 0.5) is 0 Å². The maximum absolute atomic E-state index is 12.7. The highest BCUT2D eigenvalue weighted by Crippen LogP contribution is 2.20. The summed E-state index contributed by atoms with van der Waals surface area (Å²) in [7, 11) is 0. The molecule has 0 saturated carbocycles. The first-order valence-corrected chi connectivity index (χ1v) is 10.1. The molecular weight excluding hydrogens is 481 g/mol. The molecule has 0 atom stereocenters. The van der Waals surface area contributed by atoms with Crippen LogP contribution in [-0.4, -0.2) is 67.6 Å². The molecule has 1 N–H and O–H groups in total. The normalized spacial score (nSPS) is 18.0. The van der Waals surface area contributed by atoms with Crippen molar-refractivity contribution in [1.82, 2.24) is 15.1 Å². The van der Waals surface area contributed by atoms with Crippen LogP contribution in [0.3, 0.4) is 0 Å². The molecule has 2 aliphatic heterocycles. The number of amides is 1. The number of morpholine rings is 1. The fraction of sp³-hybridized carbons (Fsp3) is 0.571. The average Bonchev–Trinajstić information content (AvgIpc) is 2.77. The van der Waals surface area contributed by atoms with Crippen molar-refractivity contribution in [1.29, 1.82) is 5.26 Å². The van der Waals surface area contributed by atoms with E-state index in [4.69, 9.17) is 15.0 Å². The lowest BCUT2D eigenvalue weighted by atomic mass is 9.95. The summed E-state index contributed by atoms with van der Waals surface area (Å²) < 4.78 is 5.35. The Balaban J connectivity index is 0.00000300. The van der Waals surface area contributed by atoms with Crippen molar-refractivity contribution in [2.45, 2.75) is 26.3 Å². The molecule has 29 heavy (non-hydrogen) atoms. The Morgan fingerprint density at radius 2 is 1.83 bits per heavy atom. The third kappa shape index (κ3) is 6.57. The molecule has 2 aliphatic rings. The van der Waals surface area contributed by atoms with Gasteiger partial charge in [-0.2, -0.15) is 5.26 Å². The lowest BCUT2D eigenvalue weighted by Gasteiger charge is -2.36. The number of hydrogen-bond donors (Lipinski definition) is 1. The van der Waals surface area contributed by atoms with Crippen molar-refractivity contribution < 1.29 is 9.53 Å². The molecule has 2 heterocycles. The van der Waals surface area contributed by atoms with Gasteiger partial charge in [-0.15, -0.1) is 24.0 Å². The van der Waals surface area contributed by atoms with Gasteiger partial charge in [-0.3, -0.25) is 4.79 Å². The molecule has 0 bridgehead atoms. The first kappa shape index (κ1) is 23.4. The molecule has 2 fully saturated rings. The van der Waals surface area contributed by atoms with Crippen molar-refractivity contribution in [2.24, 2.45) is 10.9 Å². The Morgan fingerprint density at radius 3 is 2.41 bits per heavy atom. The number of benzene rings is 1. The van der Waals surface area contributed by atoms with E-state index in [1.54, 1.807) is 0 Å². The van der Waals surface area contributed by atoms with Gasteiger partial charge in [-0.05, 0) is 37.5 Å². The number of guanidine groups is 1. The number of halogens is 1. The zero-order chi connectivity index (χ0) is 19.8. The molecule has 1 aromatic carbocycles. The summed E-state index contributed by atoms with van der Waals surface area (Å²) in [5, 5.41) is 12.3. The number of ether oxygens (including phenoxy) is 1. The molecule has 3 rings (SSSR count). The Morgan fingerprint density at radius 1 is 1.17 bits per heavy atom. The minimum Gasteiger partial charge on any atom is -0.378 e. The van der Waals surface area contributed by atoms with Crippen LogP contribution in [0.1, 0.15) is 30.9 Å². The molecule has 0 spiro atoms. The SMILES string of the molecule is CCNC(=NCc1ccc(C#N)cc1)N1CCC(C(=O)N2CCOCC2)CC1.I. The number of nitrogens with zero attached hydrogens (tertiary/aromatic N) is 4. The van der Waals surface area contributed by atoms with Gasteiger partial charge in [0.25, 0.3) is 0 Å². The van der Waals surface area contributed by atoms with Crippen LogP contribution in [0.15, 0.2) is 29.3 Å². The van der Waals surface area contributed by atoms with Crippen LogP contribution in [0.25, 0.3) is 0 Å². The van der Waals surface area contributed by atoms with Crippen molar-refractivity contribution in [2.75, 3.05) is 45.9 Å². The van der Waals surface area contributed by atoms with Gasteiger partial charge in [0.2, 0.25) is 5.91 Å². The number of nitrogens with one attached hydrogen (secondary N) is 1. The Bertz CT molecular complexity index is 718. The molecule has 2 saturated heterocycles. The summed E-state index contributed by atoms with van der Waals surface area (Å²) in [6.07, 6.45) is 1.72. The second kappa shape index (κ2) is 12.0. The molecule has 158 valence electrons.